The van der Waals surface area contributed by atoms with Gasteiger partial charge in [0.25, 0.3) is 0 Å². The Morgan fingerprint density at radius 3 is 1.73 bits per heavy atom. The zero-order valence-corrected chi connectivity index (χ0v) is 18.0. The molecular formula is C23H24Cl2N2O3. The van der Waals surface area contributed by atoms with Gasteiger partial charge in [-0.15, -0.1) is 0 Å². The summed E-state index contributed by atoms with van der Waals surface area (Å²) in [6, 6.07) is 11.2. The topological polar surface area (TPSA) is 78.4 Å². The summed E-state index contributed by atoms with van der Waals surface area (Å²) in [6.45, 7) is 0. The van der Waals surface area contributed by atoms with E-state index in [2.05, 4.69) is 10.6 Å². The summed E-state index contributed by atoms with van der Waals surface area (Å²) in [4.78, 5) is 24.7. The predicted molar refractivity (Wildman–Crippen MR) is 117 cm³/mol. The number of hydrogen-bond donors (Lipinski definition) is 3. The lowest BCUT2D eigenvalue weighted by atomic mass is 10.1. The normalized spacial score (nSPS) is 20.4. The Balaban J connectivity index is 1.26. The van der Waals surface area contributed by atoms with E-state index in [0.717, 1.165) is 47.9 Å². The van der Waals surface area contributed by atoms with Crippen molar-refractivity contribution in [3.05, 3.63) is 68.7 Å². The second-order valence-electron chi connectivity index (χ2n) is 8.07. The lowest BCUT2D eigenvalue weighted by molar-refractivity contribution is -0.126. The van der Waals surface area contributed by atoms with Crippen molar-refractivity contribution in [1.29, 1.82) is 0 Å². The molecule has 2 atom stereocenters. The van der Waals surface area contributed by atoms with Gasteiger partial charge in [0.05, 0.1) is 31.0 Å². The first-order valence-electron chi connectivity index (χ1n) is 10.2. The van der Waals surface area contributed by atoms with Gasteiger partial charge in [-0.3, -0.25) is 9.59 Å². The van der Waals surface area contributed by atoms with Crippen molar-refractivity contribution >= 4 is 35.0 Å². The minimum absolute atomic E-state index is 0.0763. The highest BCUT2D eigenvalue weighted by atomic mass is 35.5. The summed E-state index contributed by atoms with van der Waals surface area (Å²) in [5.74, 6) is -0.520. The van der Waals surface area contributed by atoms with Gasteiger partial charge in [-0.05, 0) is 72.2 Å². The van der Waals surface area contributed by atoms with Crippen molar-refractivity contribution in [2.75, 3.05) is 0 Å². The fourth-order valence-electron chi connectivity index (χ4n) is 4.48. The van der Waals surface area contributed by atoms with Gasteiger partial charge >= 0.3 is 0 Å². The number of halogens is 2. The molecule has 2 unspecified atom stereocenters. The van der Waals surface area contributed by atoms with Gasteiger partial charge in [-0.25, -0.2) is 0 Å². The van der Waals surface area contributed by atoms with Crippen LogP contribution in [0.3, 0.4) is 0 Å². The van der Waals surface area contributed by atoms with Crippen molar-refractivity contribution < 1.29 is 14.7 Å². The lowest BCUT2D eigenvalue weighted by Gasteiger charge is -2.18. The van der Waals surface area contributed by atoms with Gasteiger partial charge in [0.1, 0.15) is 0 Å². The van der Waals surface area contributed by atoms with Crippen molar-refractivity contribution in [3.8, 4) is 0 Å². The first kappa shape index (κ1) is 21.2. The van der Waals surface area contributed by atoms with E-state index in [1.165, 1.54) is 0 Å². The third kappa shape index (κ3) is 4.80. The fourth-order valence-corrected chi connectivity index (χ4v) is 4.87. The molecule has 0 spiro atoms. The average Bonchev–Trinajstić information content (AvgIpc) is 3.25. The SMILES string of the molecule is O=C(CC(O)CC(=O)NC1CCc2cc(Cl)ccc21)NC1CCc2cc(Cl)ccc21. The van der Waals surface area contributed by atoms with Crippen molar-refractivity contribution in [2.45, 2.75) is 56.7 Å². The molecule has 0 saturated heterocycles. The molecule has 158 valence electrons. The van der Waals surface area contributed by atoms with E-state index in [-0.39, 0.29) is 36.7 Å². The minimum Gasteiger partial charge on any atom is -0.392 e. The van der Waals surface area contributed by atoms with Gasteiger partial charge in [0.2, 0.25) is 11.8 Å². The minimum atomic E-state index is -1.03. The average molecular weight is 447 g/mol. The number of rotatable bonds is 6. The van der Waals surface area contributed by atoms with E-state index in [9.17, 15) is 14.7 Å². The highest BCUT2D eigenvalue weighted by molar-refractivity contribution is 6.31. The van der Waals surface area contributed by atoms with Crippen LogP contribution in [0.2, 0.25) is 10.0 Å². The molecule has 0 fully saturated rings. The molecule has 0 aromatic heterocycles. The molecular weight excluding hydrogens is 423 g/mol. The summed E-state index contributed by atoms with van der Waals surface area (Å²) in [7, 11) is 0. The summed E-state index contributed by atoms with van der Waals surface area (Å²) < 4.78 is 0. The van der Waals surface area contributed by atoms with Crippen molar-refractivity contribution in [3.63, 3.8) is 0 Å². The third-order valence-electron chi connectivity index (χ3n) is 5.88. The van der Waals surface area contributed by atoms with E-state index < -0.39 is 6.10 Å². The highest BCUT2D eigenvalue weighted by Crippen LogP contribution is 2.34. The monoisotopic (exact) mass is 446 g/mol. The number of benzene rings is 2. The largest absolute Gasteiger partial charge is 0.392 e. The number of amides is 2. The maximum Gasteiger partial charge on any atom is 0.223 e. The maximum absolute atomic E-state index is 12.4. The van der Waals surface area contributed by atoms with E-state index in [1.807, 2.05) is 36.4 Å². The Labute approximate surface area is 185 Å². The standard InChI is InChI=1S/C23H24Cl2N2O3/c24-15-3-5-18-13(9-15)1-7-20(18)26-22(29)11-17(28)12-23(30)27-21-8-2-14-10-16(25)4-6-19(14)21/h3-6,9-10,17,20-21,28H,1-2,7-8,11-12H2,(H,26,29)(H,27,30). The van der Waals surface area contributed by atoms with Gasteiger partial charge in [-0.2, -0.15) is 0 Å². The second-order valence-corrected chi connectivity index (χ2v) is 8.94. The molecule has 7 heteroatoms. The van der Waals surface area contributed by atoms with Gasteiger partial charge in [0, 0.05) is 10.0 Å². The van der Waals surface area contributed by atoms with Gasteiger partial charge in [-0.1, -0.05) is 35.3 Å². The van der Waals surface area contributed by atoms with Crippen LogP contribution in [-0.4, -0.2) is 23.0 Å². The number of hydrogen-bond acceptors (Lipinski definition) is 3. The number of aliphatic hydroxyl groups excluding tert-OH is 1. The molecule has 2 aromatic carbocycles. The molecule has 0 aliphatic heterocycles. The Bertz CT molecular complexity index is 901. The molecule has 3 N–H and O–H groups in total. The third-order valence-corrected chi connectivity index (χ3v) is 6.35. The molecule has 2 aliphatic carbocycles. The zero-order valence-electron chi connectivity index (χ0n) is 16.5. The maximum atomic E-state index is 12.4. The summed E-state index contributed by atoms with van der Waals surface area (Å²) in [5.41, 5.74) is 4.43. The summed E-state index contributed by atoms with van der Waals surface area (Å²) in [5, 5.41) is 17.6. The van der Waals surface area contributed by atoms with Crippen LogP contribution in [0.5, 0.6) is 0 Å². The molecule has 2 amide bonds. The van der Waals surface area contributed by atoms with Crippen LogP contribution in [0.1, 0.15) is 60.0 Å². The summed E-state index contributed by atoms with van der Waals surface area (Å²) >= 11 is 12.1. The smallest absolute Gasteiger partial charge is 0.223 e. The van der Waals surface area contributed by atoms with Crippen LogP contribution in [0.15, 0.2) is 36.4 Å². The number of aliphatic hydroxyl groups is 1. The predicted octanol–water partition coefficient (Wildman–Crippen LogP) is 4.04. The number of nitrogens with one attached hydrogen (secondary N) is 2. The highest BCUT2D eigenvalue weighted by Gasteiger charge is 2.27. The molecule has 30 heavy (non-hydrogen) atoms. The van der Waals surface area contributed by atoms with E-state index in [1.54, 1.807) is 0 Å². The number of carbonyl (C=O) groups is 2. The second kappa shape index (κ2) is 8.96. The Morgan fingerprint density at radius 2 is 1.30 bits per heavy atom. The van der Waals surface area contributed by atoms with E-state index in [0.29, 0.717) is 10.0 Å². The fraction of sp³-hybridized carbons (Fsp3) is 0.391. The molecule has 2 aliphatic rings. The zero-order chi connectivity index (χ0) is 21.3. The summed E-state index contributed by atoms with van der Waals surface area (Å²) in [6.07, 6.45) is 2.10. The van der Waals surface area contributed by atoms with Crippen LogP contribution >= 0.6 is 23.2 Å². The molecule has 0 heterocycles. The van der Waals surface area contributed by atoms with Crippen LogP contribution < -0.4 is 10.6 Å². The number of fused-ring (bicyclic) bond motifs is 2. The van der Waals surface area contributed by atoms with E-state index >= 15 is 0 Å². The lowest BCUT2D eigenvalue weighted by Crippen LogP contribution is -2.34. The molecule has 0 saturated carbocycles. The van der Waals surface area contributed by atoms with Gasteiger partial charge < -0.3 is 15.7 Å². The van der Waals surface area contributed by atoms with Gasteiger partial charge in [0.15, 0.2) is 0 Å². The van der Waals surface area contributed by atoms with Crippen molar-refractivity contribution in [1.82, 2.24) is 10.6 Å². The Morgan fingerprint density at radius 1 is 0.867 bits per heavy atom. The molecule has 2 aromatic rings. The molecule has 4 rings (SSSR count). The van der Waals surface area contributed by atoms with Crippen LogP contribution in [0, 0.1) is 0 Å². The number of carbonyl (C=O) groups excluding carboxylic acids is 2. The molecule has 5 nitrogen and oxygen atoms in total. The first-order valence-corrected chi connectivity index (χ1v) is 11.0. The molecule has 0 radical (unpaired) electrons. The number of aryl methyl sites for hydroxylation is 2. The van der Waals surface area contributed by atoms with Crippen molar-refractivity contribution in [2.24, 2.45) is 0 Å². The van der Waals surface area contributed by atoms with E-state index in [4.69, 9.17) is 23.2 Å². The quantitative estimate of drug-likeness (QED) is 0.626. The van der Waals surface area contributed by atoms with Crippen LogP contribution in [-0.2, 0) is 22.4 Å². The van der Waals surface area contributed by atoms with Crippen LogP contribution in [0.25, 0.3) is 0 Å². The first-order chi connectivity index (χ1) is 14.4. The molecule has 0 bridgehead atoms. The van der Waals surface area contributed by atoms with Crippen LogP contribution in [0.4, 0.5) is 0 Å². The Kier molecular flexibility index (Phi) is 6.32. The Hall–Kier alpha value is -2.08.